The van der Waals surface area contributed by atoms with Crippen LogP contribution < -0.4 is 5.73 Å². The van der Waals surface area contributed by atoms with Crippen molar-refractivity contribution in [2.45, 2.75) is 50.2 Å². The van der Waals surface area contributed by atoms with Gasteiger partial charge in [0.25, 0.3) is 0 Å². The van der Waals surface area contributed by atoms with Gasteiger partial charge in [-0.1, -0.05) is 19.3 Å². The second-order valence-corrected chi connectivity index (χ2v) is 4.61. The molecule has 2 rings (SSSR count). The van der Waals surface area contributed by atoms with E-state index >= 15 is 0 Å². The zero-order valence-electron chi connectivity index (χ0n) is 9.04. The fourth-order valence-electron chi connectivity index (χ4n) is 2.26. The van der Waals surface area contributed by atoms with Crippen molar-refractivity contribution in [3.63, 3.8) is 0 Å². The molecule has 4 nitrogen and oxygen atoms in total. The molecule has 2 N–H and O–H groups in total. The zero-order valence-corrected chi connectivity index (χ0v) is 9.04. The van der Waals surface area contributed by atoms with Gasteiger partial charge in [-0.15, -0.1) is 0 Å². The van der Waals surface area contributed by atoms with Gasteiger partial charge in [0, 0.05) is 6.42 Å². The number of rotatable bonds is 2. The van der Waals surface area contributed by atoms with Gasteiger partial charge < -0.3 is 15.2 Å². The van der Waals surface area contributed by atoms with Gasteiger partial charge in [0.15, 0.2) is 0 Å². The van der Waals surface area contributed by atoms with Gasteiger partial charge in [-0.2, -0.15) is 0 Å². The summed E-state index contributed by atoms with van der Waals surface area (Å²) in [6.45, 7) is 1.22. The zero-order chi connectivity index (χ0) is 10.7. The van der Waals surface area contributed by atoms with Crippen LogP contribution in [0.2, 0.25) is 0 Å². The van der Waals surface area contributed by atoms with Gasteiger partial charge in [0.1, 0.15) is 11.6 Å². The van der Waals surface area contributed by atoms with E-state index in [1.807, 2.05) is 0 Å². The molecule has 0 bridgehead atoms. The lowest BCUT2D eigenvalue weighted by Gasteiger charge is -2.31. The summed E-state index contributed by atoms with van der Waals surface area (Å²) in [4.78, 5) is 11.9. The normalized spacial score (nSPS) is 30.1. The number of esters is 1. The molecule has 1 aliphatic carbocycles. The van der Waals surface area contributed by atoms with Crippen molar-refractivity contribution in [2.75, 3.05) is 13.2 Å². The van der Waals surface area contributed by atoms with E-state index in [0.29, 0.717) is 13.2 Å². The first-order valence-electron chi connectivity index (χ1n) is 5.78. The highest BCUT2D eigenvalue weighted by Crippen LogP contribution is 2.27. The van der Waals surface area contributed by atoms with Crippen molar-refractivity contribution < 1.29 is 14.3 Å². The summed E-state index contributed by atoms with van der Waals surface area (Å²) in [7, 11) is 0. The third-order valence-corrected chi connectivity index (χ3v) is 3.31. The highest BCUT2D eigenvalue weighted by Gasteiger charge is 2.38. The van der Waals surface area contributed by atoms with E-state index in [1.165, 1.54) is 6.42 Å². The molecule has 0 aromatic rings. The van der Waals surface area contributed by atoms with Gasteiger partial charge in [-0.3, -0.25) is 4.79 Å². The fraction of sp³-hybridized carbons (Fsp3) is 0.909. The number of hydrogen-bond donors (Lipinski definition) is 1. The molecule has 1 saturated heterocycles. The van der Waals surface area contributed by atoms with E-state index < -0.39 is 5.54 Å². The highest BCUT2D eigenvalue weighted by molar-refractivity contribution is 5.80. The number of carbonyl (C=O) groups is 1. The Labute approximate surface area is 90.1 Å². The van der Waals surface area contributed by atoms with Crippen LogP contribution in [0.25, 0.3) is 0 Å². The minimum Gasteiger partial charge on any atom is -0.458 e. The van der Waals surface area contributed by atoms with Crippen molar-refractivity contribution in [2.24, 2.45) is 5.73 Å². The molecule has 0 amide bonds. The number of nitrogens with two attached hydrogens (primary N) is 1. The van der Waals surface area contributed by atoms with E-state index in [-0.39, 0.29) is 12.1 Å². The van der Waals surface area contributed by atoms with Crippen molar-refractivity contribution >= 4 is 5.97 Å². The number of ether oxygens (including phenoxy) is 2. The fourth-order valence-corrected chi connectivity index (χ4v) is 2.26. The van der Waals surface area contributed by atoms with E-state index in [9.17, 15) is 4.79 Å². The molecule has 86 valence electrons. The standard InChI is InChI=1S/C11H19NO3/c12-11(5-2-1-3-6-11)10(13)15-9-4-7-14-8-9/h9H,1-8,12H2. The molecular weight excluding hydrogens is 194 g/mol. The maximum atomic E-state index is 11.9. The average Bonchev–Trinajstić information content (AvgIpc) is 2.71. The molecule has 0 aromatic heterocycles. The molecule has 0 aromatic carbocycles. The van der Waals surface area contributed by atoms with Crippen LogP contribution in [0.15, 0.2) is 0 Å². The molecule has 2 fully saturated rings. The van der Waals surface area contributed by atoms with E-state index in [4.69, 9.17) is 15.2 Å². The maximum absolute atomic E-state index is 11.9. The first-order chi connectivity index (χ1) is 7.21. The van der Waals surface area contributed by atoms with Crippen LogP contribution in [0.5, 0.6) is 0 Å². The second-order valence-electron chi connectivity index (χ2n) is 4.61. The quantitative estimate of drug-likeness (QED) is 0.695. The largest absolute Gasteiger partial charge is 0.458 e. The maximum Gasteiger partial charge on any atom is 0.326 e. The van der Waals surface area contributed by atoms with Crippen LogP contribution in [0.4, 0.5) is 0 Å². The molecule has 1 unspecified atom stereocenters. The lowest BCUT2D eigenvalue weighted by Crippen LogP contribution is -2.51. The minimum absolute atomic E-state index is 0.0696. The smallest absolute Gasteiger partial charge is 0.326 e. The van der Waals surface area contributed by atoms with Crippen LogP contribution in [0.3, 0.4) is 0 Å². The van der Waals surface area contributed by atoms with Crippen LogP contribution >= 0.6 is 0 Å². The van der Waals surface area contributed by atoms with Crippen molar-refractivity contribution in [1.82, 2.24) is 0 Å². The van der Waals surface area contributed by atoms with E-state index in [0.717, 1.165) is 32.1 Å². The summed E-state index contributed by atoms with van der Waals surface area (Å²) in [5, 5.41) is 0. The predicted octanol–water partition coefficient (Wildman–Crippen LogP) is 0.980. The van der Waals surface area contributed by atoms with E-state index in [2.05, 4.69) is 0 Å². The van der Waals surface area contributed by atoms with Gasteiger partial charge in [-0.05, 0) is 12.8 Å². The number of hydrogen-bond acceptors (Lipinski definition) is 4. The van der Waals surface area contributed by atoms with Gasteiger partial charge in [0.2, 0.25) is 0 Å². The van der Waals surface area contributed by atoms with Gasteiger partial charge >= 0.3 is 5.97 Å². The highest BCUT2D eigenvalue weighted by atomic mass is 16.6. The Kier molecular flexibility index (Phi) is 3.26. The van der Waals surface area contributed by atoms with Crippen LogP contribution in [-0.4, -0.2) is 30.8 Å². The Morgan fingerprint density at radius 3 is 2.67 bits per heavy atom. The number of carbonyl (C=O) groups excluding carboxylic acids is 1. The summed E-state index contributed by atoms with van der Waals surface area (Å²) in [5.74, 6) is -0.224. The third kappa shape index (κ3) is 2.49. The molecule has 0 radical (unpaired) electrons. The molecule has 0 spiro atoms. The lowest BCUT2D eigenvalue weighted by atomic mass is 9.82. The van der Waals surface area contributed by atoms with Gasteiger partial charge in [0.05, 0.1) is 13.2 Å². The molecule has 1 saturated carbocycles. The minimum atomic E-state index is -0.721. The Morgan fingerprint density at radius 1 is 1.33 bits per heavy atom. The van der Waals surface area contributed by atoms with Crippen LogP contribution in [-0.2, 0) is 14.3 Å². The molecule has 1 atom stereocenters. The lowest BCUT2D eigenvalue weighted by molar-refractivity contribution is -0.157. The summed E-state index contributed by atoms with van der Waals surface area (Å²) >= 11 is 0. The van der Waals surface area contributed by atoms with Crippen molar-refractivity contribution in [1.29, 1.82) is 0 Å². The molecule has 2 aliphatic rings. The molecule has 15 heavy (non-hydrogen) atoms. The van der Waals surface area contributed by atoms with Gasteiger partial charge in [-0.25, -0.2) is 0 Å². The summed E-state index contributed by atoms with van der Waals surface area (Å²) < 4.78 is 10.5. The predicted molar refractivity (Wildman–Crippen MR) is 55.3 cm³/mol. The Bertz CT molecular complexity index is 230. The first-order valence-corrected chi connectivity index (χ1v) is 5.78. The summed E-state index contributed by atoms with van der Waals surface area (Å²) in [5.41, 5.74) is 5.34. The molecule has 4 heteroatoms. The Morgan fingerprint density at radius 2 is 2.07 bits per heavy atom. The SMILES string of the molecule is NC1(C(=O)OC2CCOC2)CCCCC1. The molecular formula is C11H19NO3. The Balaban J connectivity index is 1.87. The molecule has 1 heterocycles. The summed E-state index contributed by atoms with van der Waals surface area (Å²) in [6.07, 6.45) is 5.51. The topological polar surface area (TPSA) is 61.6 Å². The monoisotopic (exact) mass is 213 g/mol. The van der Waals surface area contributed by atoms with Crippen molar-refractivity contribution in [3.8, 4) is 0 Å². The van der Waals surface area contributed by atoms with Crippen LogP contribution in [0.1, 0.15) is 38.5 Å². The molecule has 1 aliphatic heterocycles. The third-order valence-electron chi connectivity index (χ3n) is 3.31. The van der Waals surface area contributed by atoms with Crippen LogP contribution in [0, 0.1) is 0 Å². The summed E-state index contributed by atoms with van der Waals surface area (Å²) in [6, 6.07) is 0. The second kappa shape index (κ2) is 4.49. The van der Waals surface area contributed by atoms with E-state index in [1.54, 1.807) is 0 Å². The average molecular weight is 213 g/mol. The van der Waals surface area contributed by atoms with Crippen molar-refractivity contribution in [3.05, 3.63) is 0 Å². The Hall–Kier alpha value is -0.610. The first kappa shape index (κ1) is 10.9.